The third-order valence-corrected chi connectivity index (χ3v) is 4.48. The van der Waals surface area contributed by atoms with Gasteiger partial charge in [0.1, 0.15) is 0 Å². The highest BCUT2D eigenvalue weighted by molar-refractivity contribution is 6.16. The van der Waals surface area contributed by atoms with Crippen LogP contribution < -0.4 is 10.3 Å². The Balaban J connectivity index is 2.19. The Morgan fingerprint density at radius 1 is 0.963 bits per heavy atom. The molecule has 0 saturated heterocycles. The number of esters is 1. The number of carbonyl (C=O) groups is 1. The summed E-state index contributed by atoms with van der Waals surface area (Å²) in [5.41, 5.74) is 0.433. The van der Waals surface area contributed by atoms with Gasteiger partial charge >= 0.3 is 5.97 Å². The Labute approximate surface area is 162 Å². The molecule has 1 aromatic carbocycles. The summed E-state index contributed by atoms with van der Waals surface area (Å²) in [6, 6.07) is 5.68. The highest BCUT2D eigenvalue weighted by atomic mass is 16.8. The van der Waals surface area contributed by atoms with Crippen molar-refractivity contribution in [3.05, 3.63) is 36.1 Å². The summed E-state index contributed by atoms with van der Waals surface area (Å²) < 4.78 is 5.18. The smallest absolute Gasteiger partial charge is 0.337 e. The summed E-state index contributed by atoms with van der Waals surface area (Å²) in [7, 11) is 0. The summed E-state index contributed by atoms with van der Waals surface area (Å²) in [5, 5.41) is 29.0. The molecule has 0 atom stereocenters. The molecule has 0 radical (unpaired) electrons. The van der Waals surface area contributed by atoms with Crippen LogP contribution in [0.2, 0.25) is 0 Å². The molecule has 0 fully saturated rings. The maximum Gasteiger partial charge on any atom is 0.337 e. The van der Waals surface area contributed by atoms with Crippen LogP contribution in [0.1, 0.15) is 76.7 Å². The van der Waals surface area contributed by atoms with E-state index in [4.69, 9.17) is 15.2 Å². The molecule has 0 heterocycles. The summed E-state index contributed by atoms with van der Waals surface area (Å²) in [6.45, 7) is 2.52. The third-order valence-electron chi connectivity index (χ3n) is 4.48. The fourth-order valence-electron chi connectivity index (χ4n) is 2.84. The minimum atomic E-state index is -0.654. The normalized spacial score (nSPS) is 11.4. The molecule has 0 spiro atoms. The third kappa shape index (κ3) is 9.45. The van der Waals surface area contributed by atoms with E-state index in [0.717, 1.165) is 19.3 Å². The Bertz CT molecular complexity index is 554. The minimum absolute atomic E-state index is 0.0338. The molecule has 27 heavy (non-hydrogen) atoms. The van der Waals surface area contributed by atoms with Crippen molar-refractivity contribution < 1.29 is 25.1 Å². The van der Waals surface area contributed by atoms with E-state index < -0.39 is 5.97 Å². The maximum atomic E-state index is 12.1. The van der Waals surface area contributed by atoms with E-state index in [1.165, 1.54) is 69.2 Å². The van der Waals surface area contributed by atoms with Gasteiger partial charge in [-0.15, -0.1) is 11.5 Å². The van der Waals surface area contributed by atoms with Gasteiger partial charge in [-0.1, -0.05) is 76.8 Å². The van der Waals surface area contributed by atoms with Gasteiger partial charge < -0.3 is 9.84 Å². The number of hydrogen-bond donors (Lipinski definition) is 2. The predicted octanol–water partition coefficient (Wildman–Crippen LogP) is 4.44. The van der Waals surface area contributed by atoms with Crippen molar-refractivity contribution in [1.82, 2.24) is 0 Å². The maximum absolute atomic E-state index is 12.1. The van der Waals surface area contributed by atoms with Gasteiger partial charge in [-0.3, -0.25) is 10.4 Å². The lowest BCUT2D eigenvalue weighted by molar-refractivity contribution is -0.273. The van der Waals surface area contributed by atoms with Crippen LogP contribution in [-0.2, 0) is 9.53 Å². The lowest BCUT2D eigenvalue weighted by Gasteiger charge is -2.12. The lowest BCUT2D eigenvalue weighted by atomic mass is 10.1. The molecule has 0 bridgehead atoms. The van der Waals surface area contributed by atoms with Crippen molar-refractivity contribution in [2.75, 3.05) is 11.8 Å². The van der Waals surface area contributed by atoms with Gasteiger partial charge in [0, 0.05) is 0 Å². The van der Waals surface area contributed by atoms with Crippen LogP contribution in [0.3, 0.4) is 0 Å². The van der Waals surface area contributed by atoms with Crippen LogP contribution in [0.5, 0.6) is 0 Å². The zero-order valence-electron chi connectivity index (χ0n) is 16.2. The van der Waals surface area contributed by atoms with Crippen molar-refractivity contribution in [2.24, 2.45) is 0 Å². The Kier molecular flexibility index (Phi) is 12.0. The molecular formula is C21H32NO5-. The fourth-order valence-corrected chi connectivity index (χ4v) is 2.84. The van der Waals surface area contributed by atoms with Gasteiger partial charge in [-0.2, -0.15) is 0 Å². The van der Waals surface area contributed by atoms with Crippen LogP contribution >= 0.6 is 0 Å². The zero-order chi connectivity index (χ0) is 19.9. The fraction of sp³-hybridized carbons (Fsp3) is 0.571. The predicted molar refractivity (Wildman–Crippen MR) is 103 cm³/mol. The van der Waals surface area contributed by atoms with Gasteiger partial charge in [0.15, 0.2) is 0 Å². The highest BCUT2D eigenvalue weighted by Gasteiger charge is 2.12. The molecule has 0 aliphatic rings. The van der Waals surface area contributed by atoms with Crippen molar-refractivity contribution in [2.45, 2.75) is 71.1 Å². The largest absolute Gasteiger partial charge is 0.877 e. The molecule has 1 aromatic rings. The molecule has 1 rings (SSSR count). The number of ether oxygens (including phenoxy) is 1. The first-order valence-corrected chi connectivity index (χ1v) is 9.87. The van der Waals surface area contributed by atoms with E-state index in [1.807, 2.05) is 0 Å². The first kappa shape index (κ1) is 23.0. The van der Waals surface area contributed by atoms with E-state index >= 15 is 0 Å². The average molecular weight is 378 g/mol. The summed E-state index contributed by atoms with van der Waals surface area (Å²) >= 11 is 0. The van der Waals surface area contributed by atoms with Gasteiger partial charge in [0.2, 0.25) is 0 Å². The summed E-state index contributed by atoms with van der Waals surface area (Å²) in [6.07, 6.45) is 12.4. The minimum Gasteiger partial charge on any atom is -0.877 e. The summed E-state index contributed by atoms with van der Waals surface area (Å²) in [5.74, 6) is -0.654. The Hall–Kier alpha value is -2.05. The van der Waals surface area contributed by atoms with Gasteiger partial charge in [-0.25, -0.2) is 4.79 Å². The molecule has 6 heteroatoms. The quantitative estimate of drug-likeness (QED) is 0.163. The van der Waals surface area contributed by atoms with E-state index in [1.54, 1.807) is 0 Å². The van der Waals surface area contributed by atoms with Crippen molar-refractivity contribution in [3.63, 3.8) is 0 Å². The Morgan fingerprint density at radius 3 is 1.96 bits per heavy atom. The van der Waals surface area contributed by atoms with Gasteiger partial charge in [0.25, 0.3) is 0 Å². The number of carbonyl (C=O) groups excluding carboxylic acids is 1. The molecule has 0 aromatic heterocycles. The van der Waals surface area contributed by atoms with Gasteiger partial charge in [0.05, 0.1) is 17.9 Å². The second kappa shape index (κ2) is 14.1. The Morgan fingerprint density at radius 2 is 1.48 bits per heavy atom. The number of rotatable bonds is 14. The molecule has 0 saturated carbocycles. The van der Waals surface area contributed by atoms with Crippen LogP contribution in [0.4, 0.5) is 5.69 Å². The SMILES string of the molecule is CCCCCCCCCCCCOC(=O)/C(=C\[O-])c1ccc(N(O)O)cc1. The van der Waals surface area contributed by atoms with Crippen LogP contribution in [0, 0.1) is 0 Å². The molecular weight excluding hydrogens is 346 g/mol. The standard InChI is InChI=1S/C21H33NO5/c1-2-3-4-5-6-7-8-9-10-11-16-27-21(24)20(17-23)18-12-14-19(15-13-18)22(25)26/h12-15,17,23,25-26H,2-11,16H2,1H3/p-1/b20-17-. The molecule has 6 nitrogen and oxygen atoms in total. The van der Waals surface area contributed by atoms with E-state index in [9.17, 15) is 9.90 Å². The number of hydrogen-bond acceptors (Lipinski definition) is 6. The summed E-state index contributed by atoms with van der Waals surface area (Å²) in [4.78, 5) is 12.1. The molecule has 0 amide bonds. The monoisotopic (exact) mass is 378 g/mol. The van der Waals surface area contributed by atoms with Gasteiger partial charge in [-0.05, 0) is 24.1 Å². The first-order valence-electron chi connectivity index (χ1n) is 9.87. The molecule has 152 valence electrons. The van der Waals surface area contributed by atoms with Crippen LogP contribution in [-0.4, -0.2) is 23.0 Å². The topological polar surface area (TPSA) is 93.1 Å². The highest BCUT2D eigenvalue weighted by Crippen LogP contribution is 2.19. The van der Waals surface area contributed by atoms with E-state index in [0.29, 0.717) is 18.4 Å². The van der Waals surface area contributed by atoms with Crippen molar-refractivity contribution in [1.29, 1.82) is 0 Å². The molecule has 0 unspecified atom stereocenters. The zero-order valence-corrected chi connectivity index (χ0v) is 16.2. The number of nitrogens with zero attached hydrogens (tertiary/aromatic N) is 1. The second-order valence-corrected chi connectivity index (χ2v) is 6.69. The molecule has 2 N–H and O–H groups in total. The lowest BCUT2D eigenvalue weighted by Crippen LogP contribution is -2.12. The first-order chi connectivity index (χ1) is 13.1. The number of benzene rings is 1. The average Bonchev–Trinajstić information content (AvgIpc) is 2.67. The molecule has 0 aliphatic heterocycles. The van der Waals surface area contributed by atoms with Crippen molar-refractivity contribution in [3.8, 4) is 0 Å². The molecule has 0 aliphatic carbocycles. The van der Waals surface area contributed by atoms with Crippen LogP contribution in [0.15, 0.2) is 30.5 Å². The number of unbranched alkanes of at least 4 members (excludes halogenated alkanes) is 9. The van der Waals surface area contributed by atoms with Crippen molar-refractivity contribution >= 4 is 17.2 Å². The number of anilines is 1. The van der Waals surface area contributed by atoms with E-state index in [-0.39, 0.29) is 16.5 Å². The second-order valence-electron chi connectivity index (χ2n) is 6.69. The van der Waals surface area contributed by atoms with E-state index in [2.05, 4.69) is 6.92 Å². The van der Waals surface area contributed by atoms with Crippen LogP contribution in [0.25, 0.3) is 5.57 Å².